The van der Waals surface area contributed by atoms with Crippen LogP contribution in [0, 0.1) is 6.92 Å². The Kier molecular flexibility index (Phi) is 4.55. The fourth-order valence-corrected chi connectivity index (χ4v) is 4.34. The molecule has 0 bridgehead atoms. The van der Waals surface area contributed by atoms with E-state index in [0.29, 0.717) is 23.9 Å². The van der Waals surface area contributed by atoms with E-state index >= 15 is 0 Å². The maximum absolute atomic E-state index is 13.4. The summed E-state index contributed by atoms with van der Waals surface area (Å²) in [5.74, 6) is 1.17. The molecule has 2 aliphatic rings. The molecule has 1 aromatic carbocycles. The third-order valence-corrected chi connectivity index (χ3v) is 5.55. The van der Waals surface area contributed by atoms with E-state index in [1.54, 1.807) is 6.92 Å². The van der Waals surface area contributed by atoms with Gasteiger partial charge in [0.25, 0.3) is 5.91 Å². The minimum atomic E-state index is 0.164. The molecule has 132 valence electrons. The number of amides is 1. The molecule has 2 saturated carbocycles. The Morgan fingerprint density at radius 3 is 2.24 bits per heavy atom. The van der Waals surface area contributed by atoms with Crippen LogP contribution in [-0.2, 0) is 0 Å². The molecule has 1 amide bonds. The van der Waals surface area contributed by atoms with Crippen molar-refractivity contribution in [3.05, 3.63) is 35.7 Å². The Morgan fingerprint density at radius 2 is 1.68 bits per heavy atom. The van der Waals surface area contributed by atoms with Gasteiger partial charge in [0.05, 0.1) is 0 Å². The number of carbonyl (C=O) groups is 1. The van der Waals surface area contributed by atoms with E-state index < -0.39 is 0 Å². The average molecular weight is 339 g/mol. The summed E-state index contributed by atoms with van der Waals surface area (Å²) in [5, 5.41) is 7.96. The molecular formula is C20H25N3O2. The molecule has 0 N–H and O–H groups in total. The molecule has 1 heterocycles. The van der Waals surface area contributed by atoms with Gasteiger partial charge in [-0.2, -0.15) is 0 Å². The van der Waals surface area contributed by atoms with E-state index in [4.69, 9.17) is 4.42 Å². The molecular weight excluding hydrogens is 314 g/mol. The van der Waals surface area contributed by atoms with Crippen molar-refractivity contribution >= 4 is 5.91 Å². The molecule has 5 heteroatoms. The van der Waals surface area contributed by atoms with Crippen molar-refractivity contribution in [3.8, 4) is 11.5 Å². The third kappa shape index (κ3) is 3.32. The molecule has 4 rings (SSSR count). The molecule has 0 spiro atoms. The van der Waals surface area contributed by atoms with Gasteiger partial charge in [0.1, 0.15) is 0 Å². The summed E-state index contributed by atoms with van der Waals surface area (Å²) in [6.07, 6.45) is 9.53. The van der Waals surface area contributed by atoms with Crippen LogP contribution >= 0.6 is 0 Å². The zero-order chi connectivity index (χ0) is 17.2. The van der Waals surface area contributed by atoms with Crippen molar-refractivity contribution in [3.63, 3.8) is 0 Å². The largest absolute Gasteiger partial charge is 0.421 e. The number of rotatable bonds is 4. The fourth-order valence-electron chi connectivity index (χ4n) is 4.34. The van der Waals surface area contributed by atoms with E-state index in [9.17, 15) is 4.79 Å². The lowest BCUT2D eigenvalue weighted by atomic mass is 10.0. The summed E-state index contributed by atoms with van der Waals surface area (Å²) in [5.41, 5.74) is 1.54. The van der Waals surface area contributed by atoms with E-state index in [0.717, 1.165) is 36.8 Å². The fraction of sp³-hybridized carbons (Fsp3) is 0.550. The number of carbonyl (C=O) groups excluding carboxylic acids is 1. The SMILES string of the molecule is Cc1nnc(-c2cccc(C(=O)N(C3CCCC3)C3CCCC3)c2)o1. The summed E-state index contributed by atoms with van der Waals surface area (Å²) < 4.78 is 5.52. The lowest BCUT2D eigenvalue weighted by Crippen LogP contribution is -2.45. The predicted octanol–water partition coefficient (Wildman–Crippen LogP) is 4.37. The number of aromatic nitrogens is 2. The highest BCUT2D eigenvalue weighted by atomic mass is 16.4. The standard InChI is InChI=1S/C20H25N3O2/c1-14-21-22-19(25-14)15-7-6-8-16(13-15)20(24)23(17-9-2-3-10-17)18-11-4-5-12-18/h6-8,13,17-18H,2-5,9-12H2,1H3. The van der Waals surface area contributed by atoms with Crippen LogP contribution in [0.1, 0.15) is 67.6 Å². The molecule has 5 nitrogen and oxygen atoms in total. The summed E-state index contributed by atoms with van der Waals surface area (Å²) >= 11 is 0. The first-order chi connectivity index (χ1) is 12.2. The van der Waals surface area contributed by atoms with Gasteiger partial charge in [0.15, 0.2) is 0 Å². The summed E-state index contributed by atoms with van der Waals surface area (Å²) in [4.78, 5) is 15.6. The Morgan fingerprint density at radius 1 is 1.04 bits per heavy atom. The number of hydrogen-bond acceptors (Lipinski definition) is 4. The van der Waals surface area contributed by atoms with Crippen molar-refractivity contribution in [2.24, 2.45) is 0 Å². The number of hydrogen-bond donors (Lipinski definition) is 0. The van der Waals surface area contributed by atoms with E-state index in [-0.39, 0.29) is 5.91 Å². The van der Waals surface area contributed by atoms with Crippen LogP contribution in [0.5, 0.6) is 0 Å². The van der Waals surface area contributed by atoms with Gasteiger partial charge in [0.2, 0.25) is 11.8 Å². The smallest absolute Gasteiger partial charge is 0.254 e. The van der Waals surface area contributed by atoms with Crippen molar-refractivity contribution in [1.82, 2.24) is 15.1 Å². The molecule has 1 aromatic heterocycles. The first-order valence-electron chi connectivity index (χ1n) is 9.45. The van der Waals surface area contributed by atoms with E-state index in [1.807, 2.05) is 24.3 Å². The van der Waals surface area contributed by atoms with Crippen molar-refractivity contribution in [2.45, 2.75) is 70.4 Å². The summed E-state index contributed by atoms with van der Waals surface area (Å²) in [7, 11) is 0. The molecule has 0 radical (unpaired) electrons. The van der Waals surface area contributed by atoms with Crippen LogP contribution in [0.3, 0.4) is 0 Å². The highest BCUT2D eigenvalue weighted by Crippen LogP contribution is 2.33. The van der Waals surface area contributed by atoms with Crippen molar-refractivity contribution in [2.75, 3.05) is 0 Å². The second-order valence-electron chi connectivity index (χ2n) is 7.30. The van der Waals surface area contributed by atoms with Gasteiger partial charge in [-0.1, -0.05) is 31.7 Å². The zero-order valence-corrected chi connectivity index (χ0v) is 14.8. The molecule has 0 unspecified atom stereocenters. The van der Waals surface area contributed by atoms with Crippen LogP contribution < -0.4 is 0 Å². The molecule has 0 atom stereocenters. The highest BCUT2D eigenvalue weighted by molar-refractivity contribution is 5.95. The number of benzene rings is 1. The first-order valence-corrected chi connectivity index (χ1v) is 9.45. The highest BCUT2D eigenvalue weighted by Gasteiger charge is 2.34. The Bertz CT molecular complexity index is 727. The third-order valence-electron chi connectivity index (χ3n) is 5.55. The number of nitrogens with zero attached hydrogens (tertiary/aromatic N) is 3. The minimum absolute atomic E-state index is 0.164. The van der Waals surface area contributed by atoms with Crippen molar-refractivity contribution in [1.29, 1.82) is 0 Å². The molecule has 2 aromatic rings. The lowest BCUT2D eigenvalue weighted by molar-refractivity contribution is 0.0580. The number of aryl methyl sites for hydroxylation is 1. The predicted molar refractivity (Wildman–Crippen MR) is 95.2 cm³/mol. The first kappa shape index (κ1) is 16.3. The molecule has 2 fully saturated rings. The minimum Gasteiger partial charge on any atom is -0.421 e. The summed E-state index contributed by atoms with van der Waals surface area (Å²) in [6, 6.07) is 8.44. The Labute approximate surface area is 148 Å². The van der Waals surface area contributed by atoms with Gasteiger partial charge in [-0.15, -0.1) is 10.2 Å². The maximum atomic E-state index is 13.4. The van der Waals surface area contributed by atoms with Gasteiger partial charge in [-0.25, -0.2) is 0 Å². The van der Waals surface area contributed by atoms with Crippen LogP contribution in [0.2, 0.25) is 0 Å². The Hall–Kier alpha value is -2.17. The zero-order valence-electron chi connectivity index (χ0n) is 14.8. The van der Waals surface area contributed by atoms with E-state index in [1.165, 1.54) is 25.7 Å². The van der Waals surface area contributed by atoms with Crippen LogP contribution in [0.25, 0.3) is 11.5 Å². The second-order valence-corrected chi connectivity index (χ2v) is 7.30. The summed E-state index contributed by atoms with van der Waals surface area (Å²) in [6.45, 7) is 1.77. The maximum Gasteiger partial charge on any atom is 0.254 e. The Balaban J connectivity index is 1.63. The van der Waals surface area contributed by atoms with Gasteiger partial charge in [0, 0.05) is 30.1 Å². The quantitative estimate of drug-likeness (QED) is 0.830. The molecule has 2 aliphatic carbocycles. The van der Waals surface area contributed by atoms with E-state index in [2.05, 4.69) is 15.1 Å². The molecule has 0 aliphatic heterocycles. The van der Waals surface area contributed by atoms with Gasteiger partial charge >= 0.3 is 0 Å². The van der Waals surface area contributed by atoms with Crippen LogP contribution in [0.15, 0.2) is 28.7 Å². The van der Waals surface area contributed by atoms with Crippen LogP contribution in [-0.4, -0.2) is 33.1 Å². The average Bonchev–Trinajstić information content (AvgIpc) is 3.38. The second kappa shape index (κ2) is 6.98. The van der Waals surface area contributed by atoms with Gasteiger partial charge < -0.3 is 9.32 Å². The lowest BCUT2D eigenvalue weighted by Gasteiger charge is -2.35. The van der Waals surface area contributed by atoms with Gasteiger partial charge in [-0.05, 0) is 43.9 Å². The topological polar surface area (TPSA) is 59.2 Å². The normalized spacial score (nSPS) is 18.8. The molecule has 0 saturated heterocycles. The van der Waals surface area contributed by atoms with Gasteiger partial charge in [-0.3, -0.25) is 4.79 Å². The molecule has 25 heavy (non-hydrogen) atoms. The van der Waals surface area contributed by atoms with Crippen molar-refractivity contribution < 1.29 is 9.21 Å². The van der Waals surface area contributed by atoms with Crippen LogP contribution in [0.4, 0.5) is 0 Å². The monoisotopic (exact) mass is 339 g/mol.